The molecule has 0 unspecified atom stereocenters. The summed E-state index contributed by atoms with van der Waals surface area (Å²) >= 11 is 0. The highest BCUT2D eigenvalue weighted by Gasteiger charge is 2.64. The average molecular weight is 755 g/mol. The summed E-state index contributed by atoms with van der Waals surface area (Å²) in [6.07, 6.45) is 5.68. The zero-order valence-corrected chi connectivity index (χ0v) is 37.3. The van der Waals surface area contributed by atoms with Crippen LogP contribution in [0.4, 0.5) is 0 Å². The van der Waals surface area contributed by atoms with E-state index in [-0.39, 0.29) is 53.3 Å². The summed E-state index contributed by atoms with van der Waals surface area (Å²) in [6.45, 7) is 38.5. The zero-order chi connectivity index (χ0) is 38.6. The van der Waals surface area contributed by atoms with Gasteiger partial charge >= 0.3 is 0 Å². The maximum atomic E-state index is 10.9. The van der Waals surface area contributed by atoms with Crippen molar-refractivity contribution in [2.24, 2.45) is 11.8 Å². The molecule has 298 valence electrons. The molecule has 2 N–H and O–H groups in total. The Bertz CT molecular complexity index is 1180. The first-order chi connectivity index (χ1) is 23.2. The third-order valence-corrected chi connectivity index (χ3v) is 23.3. The Morgan fingerprint density at radius 1 is 0.843 bits per heavy atom. The Labute approximate surface area is 314 Å². The number of rotatable bonds is 13. The van der Waals surface area contributed by atoms with Crippen molar-refractivity contribution in [3.63, 3.8) is 0 Å². The minimum Gasteiger partial charge on any atom is -0.411 e. The van der Waals surface area contributed by atoms with Gasteiger partial charge in [0.15, 0.2) is 16.6 Å². The summed E-state index contributed by atoms with van der Waals surface area (Å²) in [4.78, 5) is 0. The van der Waals surface area contributed by atoms with Crippen molar-refractivity contribution in [2.75, 3.05) is 6.61 Å². The van der Waals surface area contributed by atoms with Crippen LogP contribution in [0.15, 0.2) is 12.7 Å². The molecule has 4 fully saturated rings. The van der Waals surface area contributed by atoms with Crippen LogP contribution < -0.4 is 0 Å². The molecule has 0 aliphatic carbocycles. The van der Waals surface area contributed by atoms with Gasteiger partial charge in [0.25, 0.3) is 0 Å². The normalized spacial score (nSPS) is 38.8. The molecule has 0 spiro atoms. The predicted molar refractivity (Wildman–Crippen MR) is 211 cm³/mol. The molecule has 4 aliphatic rings. The first-order valence-corrected chi connectivity index (χ1v) is 26.0. The molecule has 0 saturated carbocycles. The highest BCUT2D eigenvalue weighted by Crippen LogP contribution is 2.54. The number of hydrogen-bond donors (Lipinski definition) is 2. The van der Waals surface area contributed by atoms with E-state index in [4.69, 9.17) is 27.8 Å². The van der Waals surface area contributed by atoms with Gasteiger partial charge in [-0.1, -0.05) is 61.5 Å². The van der Waals surface area contributed by atoms with E-state index in [1.807, 2.05) is 6.08 Å². The lowest BCUT2D eigenvalue weighted by molar-refractivity contribution is -0.370. The van der Waals surface area contributed by atoms with Crippen molar-refractivity contribution in [1.29, 1.82) is 0 Å². The van der Waals surface area contributed by atoms with Gasteiger partial charge in [-0.05, 0) is 101 Å². The number of aliphatic hydroxyl groups is 2. The summed E-state index contributed by atoms with van der Waals surface area (Å²) < 4.78 is 42.9. The molecule has 8 nitrogen and oxygen atoms in total. The van der Waals surface area contributed by atoms with Gasteiger partial charge in [-0.15, -0.1) is 6.58 Å². The van der Waals surface area contributed by atoms with Crippen LogP contribution in [-0.2, 0) is 27.8 Å². The van der Waals surface area contributed by atoms with Crippen LogP contribution in [0.25, 0.3) is 0 Å². The number of aliphatic hydroxyl groups excluding tert-OH is 2. The molecule has 0 bridgehead atoms. The number of ether oxygens (including phenoxy) is 4. The Morgan fingerprint density at radius 2 is 1.41 bits per heavy atom. The van der Waals surface area contributed by atoms with Gasteiger partial charge in [-0.25, -0.2) is 0 Å². The number of allylic oxidation sites excluding steroid dienone is 1. The maximum Gasteiger partial charge on any atom is 0.192 e. The smallest absolute Gasteiger partial charge is 0.192 e. The van der Waals surface area contributed by atoms with E-state index < -0.39 is 45.6 Å². The fourth-order valence-electron chi connectivity index (χ4n) is 8.62. The summed E-state index contributed by atoms with van der Waals surface area (Å²) in [6, 6.07) is 0. The zero-order valence-electron chi connectivity index (χ0n) is 35.3. The Balaban J connectivity index is 1.67. The maximum absolute atomic E-state index is 10.9. The van der Waals surface area contributed by atoms with E-state index in [1.54, 1.807) is 0 Å². The third-order valence-electron chi connectivity index (χ3n) is 14.3. The van der Waals surface area contributed by atoms with Crippen molar-refractivity contribution in [3.8, 4) is 0 Å². The lowest BCUT2D eigenvalue weighted by Gasteiger charge is -2.63. The van der Waals surface area contributed by atoms with Gasteiger partial charge in [0.2, 0.25) is 0 Å². The fourth-order valence-corrected chi connectivity index (χ4v) is 11.3. The second kappa shape index (κ2) is 15.4. The average Bonchev–Trinajstić information content (AvgIpc) is 2.96. The van der Waals surface area contributed by atoms with Crippen molar-refractivity contribution < 1.29 is 38.0 Å². The molecule has 0 aromatic carbocycles. The molecule has 10 heteroatoms. The Hall–Kier alpha value is -0.146. The van der Waals surface area contributed by atoms with Crippen LogP contribution in [0.1, 0.15) is 128 Å². The molecular formula is C41H78O8Si2. The molecule has 13 atom stereocenters. The minimum absolute atomic E-state index is 0.0212. The highest BCUT2D eigenvalue weighted by atomic mass is 28.4. The molecule has 4 rings (SSSR count). The summed E-state index contributed by atoms with van der Waals surface area (Å²) in [5, 5.41) is 20.6. The predicted octanol–water partition coefficient (Wildman–Crippen LogP) is 8.94. The minimum atomic E-state index is -2.25. The first kappa shape index (κ1) is 43.6. The van der Waals surface area contributed by atoms with Crippen LogP contribution in [0.5, 0.6) is 0 Å². The molecule has 4 saturated heterocycles. The Morgan fingerprint density at radius 3 is 1.98 bits per heavy atom. The topological polar surface area (TPSA) is 95.8 Å². The van der Waals surface area contributed by atoms with Crippen molar-refractivity contribution in [2.45, 2.75) is 229 Å². The third kappa shape index (κ3) is 9.29. The van der Waals surface area contributed by atoms with E-state index >= 15 is 0 Å². The fraction of sp³-hybridized carbons (Fsp3) is 0.951. The van der Waals surface area contributed by atoms with Gasteiger partial charge in [0.1, 0.15) is 0 Å². The largest absolute Gasteiger partial charge is 0.411 e. The summed E-state index contributed by atoms with van der Waals surface area (Å²) in [7, 11) is -4.44. The lowest BCUT2D eigenvalue weighted by atomic mass is 9.69. The van der Waals surface area contributed by atoms with Gasteiger partial charge < -0.3 is 38.0 Å². The van der Waals surface area contributed by atoms with E-state index in [0.717, 1.165) is 25.7 Å². The van der Waals surface area contributed by atoms with Gasteiger partial charge in [-0.2, -0.15) is 0 Å². The standard InChI is InChI=1S/C41H78O8Si2/c1-17-18-27(2)28(3)23-32(47-50(13,14)37(4,5)6)36(48-51(15,16)38(7,8)9)31-19-21-39(10)34(44-31)25-35-41(12,49-39)26-40(11)33(45-35)24-29(43)30(46-40)20-22-42/h17,27-36,42-43H,1,18-26H2,2-16H3/t27-,28+,29+,30-,31-,32+,33-,34-,35+,36+,39+,40+,41-/m0/s1. The van der Waals surface area contributed by atoms with E-state index in [0.29, 0.717) is 37.5 Å². The van der Waals surface area contributed by atoms with Crippen LogP contribution in [-0.4, -0.2) is 99.1 Å². The molecule has 0 radical (unpaired) electrons. The molecule has 0 amide bonds. The van der Waals surface area contributed by atoms with Gasteiger partial charge in [-0.3, -0.25) is 0 Å². The summed E-state index contributed by atoms with van der Waals surface area (Å²) in [5.74, 6) is 0.905. The monoisotopic (exact) mass is 755 g/mol. The van der Waals surface area contributed by atoms with E-state index in [9.17, 15) is 10.2 Å². The van der Waals surface area contributed by atoms with Crippen molar-refractivity contribution in [3.05, 3.63) is 12.7 Å². The molecule has 0 aromatic rings. The van der Waals surface area contributed by atoms with Gasteiger partial charge in [0, 0.05) is 25.9 Å². The molecule has 4 heterocycles. The van der Waals surface area contributed by atoms with Crippen LogP contribution in [0.2, 0.25) is 36.3 Å². The number of hydrogen-bond acceptors (Lipinski definition) is 8. The number of fused-ring (bicyclic) bond motifs is 3. The van der Waals surface area contributed by atoms with Crippen LogP contribution in [0.3, 0.4) is 0 Å². The molecule has 0 aromatic heterocycles. The second-order valence-corrected chi connectivity index (χ2v) is 30.2. The van der Waals surface area contributed by atoms with Crippen LogP contribution in [0, 0.1) is 11.8 Å². The SMILES string of the molecule is C=CC[C@H](C)[C@H](C)C[C@@H](O[Si](C)(C)C(C)(C)C)[C@H](O[Si](C)(C)C(C)(C)C)[C@@H]1CC[C@@]2(C)O[C@@]3(C)C[C@@]4(C)O[C@@H](CCO)[C@H](O)C[C@@H]4O[C@@H]3C[C@@H]2O1. The molecule has 51 heavy (non-hydrogen) atoms. The van der Waals surface area contributed by atoms with E-state index in [2.05, 4.69) is 109 Å². The second-order valence-electron chi connectivity index (χ2n) is 20.7. The van der Waals surface area contributed by atoms with Crippen molar-refractivity contribution in [1.82, 2.24) is 0 Å². The Kier molecular flexibility index (Phi) is 13.2. The molecular weight excluding hydrogens is 677 g/mol. The summed E-state index contributed by atoms with van der Waals surface area (Å²) in [5.41, 5.74) is -1.67. The quantitative estimate of drug-likeness (QED) is 0.142. The molecule has 4 aliphatic heterocycles. The highest BCUT2D eigenvalue weighted by molar-refractivity contribution is 6.74. The van der Waals surface area contributed by atoms with Crippen LogP contribution >= 0.6 is 0 Å². The first-order valence-electron chi connectivity index (χ1n) is 20.2. The van der Waals surface area contributed by atoms with Gasteiger partial charge in [0.05, 0.1) is 65.6 Å². The lowest BCUT2D eigenvalue weighted by Crippen LogP contribution is -2.72. The van der Waals surface area contributed by atoms with E-state index in [1.165, 1.54) is 0 Å². The van der Waals surface area contributed by atoms with Crippen molar-refractivity contribution >= 4 is 16.6 Å².